The van der Waals surface area contributed by atoms with Crippen molar-refractivity contribution in [1.82, 2.24) is 0 Å². The fourth-order valence-electron chi connectivity index (χ4n) is 2.99. The maximum absolute atomic E-state index is 12.9. The summed E-state index contributed by atoms with van der Waals surface area (Å²) in [7, 11) is 0. The van der Waals surface area contributed by atoms with Gasteiger partial charge in [-0.1, -0.05) is 53.0 Å². The van der Waals surface area contributed by atoms with Gasteiger partial charge in [0.15, 0.2) is 6.61 Å². The highest BCUT2D eigenvalue weighted by Gasteiger charge is 2.13. The molecule has 0 fully saturated rings. The van der Waals surface area contributed by atoms with E-state index in [4.69, 9.17) is 44.0 Å². The Morgan fingerprint density at radius 3 is 2.52 bits per heavy atom. The highest BCUT2D eigenvalue weighted by atomic mass is 35.5. The first kappa shape index (κ1) is 21.2. The quantitative estimate of drug-likeness (QED) is 0.361. The molecule has 0 saturated heterocycles. The highest BCUT2D eigenvalue weighted by Crippen LogP contribution is 2.30. The molecule has 1 aromatic heterocycles. The van der Waals surface area contributed by atoms with E-state index in [1.54, 1.807) is 60.7 Å². The van der Waals surface area contributed by atoms with Crippen LogP contribution in [0.15, 0.2) is 76.1 Å². The van der Waals surface area contributed by atoms with Gasteiger partial charge in [-0.25, -0.2) is 0 Å². The lowest BCUT2D eigenvalue weighted by Gasteiger charge is -2.09. The highest BCUT2D eigenvalue weighted by molar-refractivity contribution is 6.36. The summed E-state index contributed by atoms with van der Waals surface area (Å²) in [4.78, 5) is 25.0. The molecule has 0 aliphatic carbocycles. The standard InChI is InChI=1S/C23H14Cl3NO4/c24-13-5-7-15(19(26)9-13)17-11-31-21-10-14(6-8-16(21)23(17)29)30-12-22(28)27-20-4-2-1-3-18(20)25/h1-11H,12H2,(H,27,28). The van der Waals surface area contributed by atoms with Crippen LogP contribution in [0.3, 0.4) is 0 Å². The lowest BCUT2D eigenvalue weighted by molar-refractivity contribution is -0.118. The maximum Gasteiger partial charge on any atom is 0.262 e. The molecule has 0 aliphatic heterocycles. The summed E-state index contributed by atoms with van der Waals surface area (Å²) in [5.41, 5.74) is 1.42. The second-order valence-corrected chi connectivity index (χ2v) is 7.83. The minimum atomic E-state index is -0.373. The fourth-order valence-corrected chi connectivity index (χ4v) is 3.68. The van der Waals surface area contributed by atoms with Crippen molar-refractivity contribution in [1.29, 1.82) is 0 Å². The number of carbonyl (C=O) groups excluding carboxylic acids is 1. The van der Waals surface area contributed by atoms with Crippen LogP contribution < -0.4 is 15.5 Å². The summed E-state index contributed by atoms with van der Waals surface area (Å²) in [5.74, 6) is 0.00427. The molecule has 8 heteroatoms. The Labute approximate surface area is 192 Å². The lowest BCUT2D eigenvalue weighted by Crippen LogP contribution is -2.20. The summed E-state index contributed by atoms with van der Waals surface area (Å²) in [6, 6.07) is 16.5. The van der Waals surface area contributed by atoms with Crippen LogP contribution in [0.1, 0.15) is 0 Å². The van der Waals surface area contributed by atoms with E-state index in [1.807, 2.05) is 0 Å². The molecular weight excluding hydrogens is 461 g/mol. The summed E-state index contributed by atoms with van der Waals surface area (Å²) in [5, 5.41) is 4.28. The first-order valence-electron chi connectivity index (χ1n) is 9.10. The predicted octanol–water partition coefficient (Wildman–Crippen LogP) is 6.44. The van der Waals surface area contributed by atoms with Crippen LogP contribution in [0.2, 0.25) is 15.1 Å². The van der Waals surface area contributed by atoms with Crippen molar-refractivity contribution >= 4 is 57.4 Å². The van der Waals surface area contributed by atoms with E-state index >= 15 is 0 Å². The van der Waals surface area contributed by atoms with Crippen LogP contribution in [-0.4, -0.2) is 12.5 Å². The molecule has 31 heavy (non-hydrogen) atoms. The van der Waals surface area contributed by atoms with Gasteiger partial charge in [0.25, 0.3) is 5.91 Å². The number of ether oxygens (including phenoxy) is 1. The van der Waals surface area contributed by atoms with Crippen LogP contribution in [0, 0.1) is 0 Å². The third-order valence-corrected chi connectivity index (χ3v) is 5.36. The zero-order valence-corrected chi connectivity index (χ0v) is 18.1. The van der Waals surface area contributed by atoms with Gasteiger partial charge in [0, 0.05) is 16.7 Å². The number of nitrogens with one attached hydrogen (secondary N) is 1. The number of para-hydroxylation sites is 1. The first-order valence-corrected chi connectivity index (χ1v) is 10.2. The Morgan fingerprint density at radius 1 is 0.935 bits per heavy atom. The summed E-state index contributed by atoms with van der Waals surface area (Å²) in [6.07, 6.45) is 1.34. The molecule has 0 saturated carbocycles. The molecule has 0 aliphatic rings. The number of hydrogen-bond acceptors (Lipinski definition) is 4. The molecule has 1 N–H and O–H groups in total. The molecule has 0 atom stereocenters. The molecule has 0 bridgehead atoms. The molecule has 0 unspecified atom stereocenters. The molecule has 1 amide bonds. The van der Waals surface area contributed by atoms with E-state index in [1.165, 1.54) is 6.26 Å². The number of anilines is 1. The largest absolute Gasteiger partial charge is 0.484 e. The number of rotatable bonds is 5. The van der Waals surface area contributed by atoms with Crippen molar-refractivity contribution in [3.05, 3.63) is 92.2 Å². The zero-order chi connectivity index (χ0) is 22.0. The fraction of sp³-hybridized carbons (Fsp3) is 0.0435. The normalized spacial score (nSPS) is 10.8. The van der Waals surface area contributed by atoms with Crippen molar-refractivity contribution in [2.45, 2.75) is 0 Å². The Balaban J connectivity index is 1.53. The number of hydrogen-bond donors (Lipinski definition) is 1. The number of amides is 1. The third-order valence-electron chi connectivity index (χ3n) is 4.49. The average Bonchev–Trinajstić information content (AvgIpc) is 2.75. The molecule has 1 heterocycles. The van der Waals surface area contributed by atoms with Crippen LogP contribution in [0.25, 0.3) is 22.1 Å². The second-order valence-electron chi connectivity index (χ2n) is 6.58. The van der Waals surface area contributed by atoms with Gasteiger partial charge in [-0.3, -0.25) is 9.59 Å². The van der Waals surface area contributed by atoms with E-state index in [2.05, 4.69) is 5.32 Å². The predicted molar refractivity (Wildman–Crippen MR) is 124 cm³/mol. The molecular formula is C23H14Cl3NO4. The lowest BCUT2D eigenvalue weighted by atomic mass is 10.1. The Bertz CT molecular complexity index is 1350. The Hall–Kier alpha value is -2.99. The van der Waals surface area contributed by atoms with E-state index in [0.29, 0.717) is 48.6 Å². The van der Waals surface area contributed by atoms with E-state index < -0.39 is 0 Å². The SMILES string of the molecule is O=C(COc1ccc2c(=O)c(-c3ccc(Cl)cc3Cl)coc2c1)Nc1ccccc1Cl. The number of fused-ring (bicyclic) bond motifs is 1. The van der Waals surface area contributed by atoms with Gasteiger partial charge in [0.05, 0.1) is 26.7 Å². The van der Waals surface area contributed by atoms with Crippen molar-refractivity contribution in [3.8, 4) is 16.9 Å². The van der Waals surface area contributed by atoms with Gasteiger partial charge in [-0.05, 0) is 36.4 Å². The van der Waals surface area contributed by atoms with E-state index in [-0.39, 0.29) is 17.9 Å². The van der Waals surface area contributed by atoms with Gasteiger partial charge in [-0.2, -0.15) is 0 Å². The van der Waals surface area contributed by atoms with Gasteiger partial charge in [-0.15, -0.1) is 0 Å². The van der Waals surface area contributed by atoms with Crippen molar-refractivity contribution in [3.63, 3.8) is 0 Å². The molecule has 0 spiro atoms. The van der Waals surface area contributed by atoms with E-state index in [9.17, 15) is 9.59 Å². The third kappa shape index (κ3) is 4.69. The monoisotopic (exact) mass is 473 g/mol. The zero-order valence-electron chi connectivity index (χ0n) is 15.8. The van der Waals surface area contributed by atoms with Crippen LogP contribution >= 0.6 is 34.8 Å². The van der Waals surface area contributed by atoms with E-state index in [0.717, 1.165) is 0 Å². The van der Waals surface area contributed by atoms with Crippen molar-refractivity contribution in [2.75, 3.05) is 11.9 Å². The number of halogens is 3. The maximum atomic E-state index is 12.9. The van der Waals surface area contributed by atoms with Crippen molar-refractivity contribution < 1.29 is 13.9 Å². The van der Waals surface area contributed by atoms with Crippen LogP contribution in [-0.2, 0) is 4.79 Å². The minimum Gasteiger partial charge on any atom is -0.484 e. The molecule has 4 rings (SSSR count). The Kier molecular flexibility index (Phi) is 6.18. The molecule has 156 valence electrons. The Morgan fingerprint density at radius 2 is 1.74 bits per heavy atom. The van der Waals surface area contributed by atoms with Crippen LogP contribution in [0.4, 0.5) is 5.69 Å². The molecule has 4 aromatic rings. The minimum absolute atomic E-state index is 0.237. The first-order chi connectivity index (χ1) is 14.9. The summed E-state index contributed by atoms with van der Waals surface area (Å²) < 4.78 is 11.2. The van der Waals surface area contributed by atoms with Gasteiger partial charge >= 0.3 is 0 Å². The number of benzene rings is 3. The average molecular weight is 475 g/mol. The second kappa shape index (κ2) is 9.02. The molecule has 0 radical (unpaired) electrons. The van der Waals surface area contributed by atoms with Crippen LogP contribution in [0.5, 0.6) is 5.75 Å². The van der Waals surface area contributed by atoms with Crippen molar-refractivity contribution in [2.24, 2.45) is 0 Å². The van der Waals surface area contributed by atoms with Gasteiger partial charge in [0.1, 0.15) is 17.6 Å². The smallest absolute Gasteiger partial charge is 0.262 e. The van der Waals surface area contributed by atoms with Gasteiger partial charge in [0.2, 0.25) is 5.43 Å². The summed E-state index contributed by atoms with van der Waals surface area (Å²) >= 11 is 18.2. The topological polar surface area (TPSA) is 68.5 Å². The molecule has 3 aromatic carbocycles. The summed E-state index contributed by atoms with van der Waals surface area (Å²) in [6.45, 7) is -0.237. The molecule has 5 nitrogen and oxygen atoms in total. The van der Waals surface area contributed by atoms with Gasteiger partial charge < -0.3 is 14.5 Å². The number of carbonyl (C=O) groups is 1.